The van der Waals surface area contributed by atoms with Crippen molar-refractivity contribution >= 4 is 5.91 Å². The van der Waals surface area contributed by atoms with E-state index in [2.05, 4.69) is 19.2 Å². The van der Waals surface area contributed by atoms with Gasteiger partial charge in [0.05, 0.1) is 18.8 Å². The minimum Gasteiger partial charge on any atom is -0.394 e. The summed E-state index contributed by atoms with van der Waals surface area (Å²) in [5, 5.41) is 43.0. The third kappa shape index (κ3) is 29.4. The smallest absolute Gasteiger partial charge is 0.249 e. The Morgan fingerprint density at radius 2 is 0.739 bits per heavy atom. The molecular formula is C40H81NO5. The lowest BCUT2D eigenvalue weighted by molar-refractivity contribution is -0.132. The molecule has 0 rings (SSSR count). The highest BCUT2D eigenvalue weighted by atomic mass is 16.3. The van der Waals surface area contributed by atoms with Crippen LogP contribution in [0.1, 0.15) is 219 Å². The Hall–Kier alpha value is -0.690. The zero-order valence-electron chi connectivity index (χ0n) is 30.8. The van der Waals surface area contributed by atoms with Gasteiger partial charge in [-0.2, -0.15) is 0 Å². The van der Waals surface area contributed by atoms with Gasteiger partial charge in [0.15, 0.2) is 0 Å². The Morgan fingerprint density at radius 1 is 0.457 bits per heavy atom. The van der Waals surface area contributed by atoms with Gasteiger partial charge < -0.3 is 25.7 Å². The SMILES string of the molecule is CCCCCCCCCCCCCCCCCCCCCCCCCCCC(O)C(=O)NC(CO)C(O)C(O)CCCCCCC. The van der Waals surface area contributed by atoms with Gasteiger partial charge in [0, 0.05) is 0 Å². The lowest BCUT2D eigenvalue weighted by Gasteiger charge is -2.27. The van der Waals surface area contributed by atoms with E-state index in [-0.39, 0.29) is 0 Å². The highest BCUT2D eigenvalue weighted by Gasteiger charge is 2.28. The van der Waals surface area contributed by atoms with Crippen LogP contribution >= 0.6 is 0 Å². The quantitative estimate of drug-likeness (QED) is 0.0428. The first-order chi connectivity index (χ1) is 22.5. The maximum absolute atomic E-state index is 12.4. The Labute approximate surface area is 286 Å². The summed E-state index contributed by atoms with van der Waals surface area (Å²) in [5.41, 5.74) is 0. The number of hydrogen-bond acceptors (Lipinski definition) is 5. The van der Waals surface area contributed by atoms with Gasteiger partial charge >= 0.3 is 0 Å². The summed E-state index contributed by atoms with van der Waals surface area (Å²) < 4.78 is 0. The zero-order chi connectivity index (χ0) is 33.9. The molecule has 0 aromatic rings. The molecule has 6 heteroatoms. The minimum atomic E-state index is -1.25. The number of nitrogens with one attached hydrogen (secondary N) is 1. The van der Waals surface area contributed by atoms with Crippen LogP contribution in [-0.4, -0.2) is 57.3 Å². The molecule has 0 aliphatic heterocycles. The van der Waals surface area contributed by atoms with Crippen molar-refractivity contribution in [3.8, 4) is 0 Å². The molecule has 0 aromatic heterocycles. The Balaban J connectivity index is 3.52. The van der Waals surface area contributed by atoms with Crippen LogP contribution in [0.3, 0.4) is 0 Å². The highest BCUT2D eigenvalue weighted by molar-refractivity contribution is 5.80. The van der Waals surface area contributed by atoms with Gasteiger partial charge in [-0.1, -0.05) is 206 Å². The molecule has 4 atom stereocenters. The molecule has 0 saturated heterocycles. The summed E-state index contributed by atoms with van der Waals surface area (Å²) in [6.07, 6.45) is 36.2. The average molecular weight is 656 g/mol. The number of aliphatic hydroxyl groups excluding tert-OH is 4. The largest absolute Gasteiger partial charge is 0.394 e. The summed E-state index contributed by atoms with van der Waals surface area (Å²) in [6, 6.07) is -0.975. The fourth-order valence-corrected chi connectivity index (χ4v) is 6.52. The van der Waals surface area contributed by atoms with Crippen molar-refractivity contribution in [1.82, 2.24) is 5.32 Å². The molecule has 0 aliphatic rings. The first-order valence-electron chi connectivity index (χ1n) is 20.4. The summed E-state index contributed by atoms with van der Waals surface area (Å²) in [5.74, 6) is -0.586. The third-order valence-electron chi connectivity index (χ3n) is 9.82. The summed E-state index contributed by atoms with van der Waals surface area (Å²) in [4.78, 5) is 12.4. The standard InChI is InChI=1S/C40H81NO5/c1-3-5-7-9-10-11-12-13-14-15-16-17-18-19-20-21-22-23-24-25-26-27-28-30-32-34-38(44)40(46)41-36(35-42)39(45)37(43)33-31-29-8-6-4-2/h36-39,42-45H,3-35H2,1-2H3,(H,41,46). The summed E-state index contributed by atoms with van der Waals surface area (Å²) in [6.45, 7) is 3.95. The van der Waals surface area contributed by atoms with Gasteiger partial charge in [0.2, 0.25) is 5.91 Å². The van der Waals surface area contributed by atoms with Crippen molar-refractivity contribution in [2.24, 2.45) is 0 Å². The maximum Gasteiger partial charge on any atom is 0.249 e. The predicted molar refractivity (Wildman–Crippen MR) is 196 cm³/mol. The molecule has 4 unspecified atom stereocenters. The van der Waals surface area contributed by atoms with Crippen LogP contribution in [0.4, 0.5) is 0 Å². The van der Waals surface area contributed by atoms with E-state index >= 15 is 0 Å². The fraction of sp³-hybridized carbons (Fsp3) is 0.975. The lowest BCUT2D eigenvalue weighted by Crippen LogP contribution is -2.53. The van der Waals surface area contributed by atoms with Gasteiger partial charge in [-0.15, -0.1) is 0 Å². The van der Waals surface area contributed by atoms with Crippen LogP contribution in [0.15, 0.2) is 0 Å². The lowest BCUT2D eigenvalue weighted by atomic mass is 9.99. The monoisotopic (exact) mass is 656 g/mol. The van der Waals surface area contributed by atoms with Crippen molar-refractivity contribution in [2.45, 2.75) is 244 Å². The number of unbranched alkanes of at least 4 members (excludes halogenated alkanes) is 28. The van der Waals surface area contributed by atoms with Crippen LogP contribution in [-0.2, 0) is 4.79 Å². The van der Waals surface area contributed by atoms with Crippen molar-refractivity contribution < 1.29 is 25.2 Å². The van der Waals surface area contributed by atoms with E-state index in [1.54, 1.807) is 0 Å². The first-order valence-corrected chi connectivity index (χ1v) is 20.4. The van der Waals surface area contributed by atoms with E-state index in [1.165, 1.54) is 141 Å². The maximum atomic E-state index is 12.4. The Morgan fingerprint density at radius 3 is 1.04 bits per heavy atom. The van der Waals surface area contributed by atoms with E-state index < -0.39 is 36.9 Å². The molecule has 6 nitrogen and oxygen atoms in total. The average Bonchev–Trinajstić information content (AvgIpc) is 3.06. The van der Waals surface area contributed by atoms with E-state index in [1.807, 2.05) is 0 Å². The highest BCUT2D eigenvalue weighted by Crippen LogP contribution is 2.17. The molecule has 5 N–H and O–H groups in total. The van der Waals surface area contributed by atoms with E-state index in [0.29, 0.717) is 12.8 Å². The van der Waals surface area contributed by atoms with Crippen LogP contribution < -0.4 is 5.32 Å². The second-order valence-electron chi connectivity index (χ2n) is 14.3. The van der Waals surface area contributed by atoms with Crippen LogP contribution in [0.5, 0.6) is 0 Å². The molecule has 0 heterocycles. The van der Waals surface area contributed by atoms with Crippen LogP contribution in [0, 0.1) is 0 Å². The first kappa shape index (κ1) is 45.3. The van der Waals surface area contributed by atoms with Crippen molar-refractivity contribution in [2.75, 3.05) is 6.61 Å². The molecule has 0 fully saturated rings. The van der Waals surface area contributed by atoms with E-state index in [4.69, 9.17) is 0 Å². The Bertz CT molecular complexity index is 618. The Kier molecular flexibility index (Phi) is 35.1. The molecule has 0 saturated carbocycles. The molecule has 0 bridgehead atoms. The van der Waals surface area contributed by atoms with Gasteiger partial charge in [-0.25, -0.2) is 0 Å². The molecular weight excluding hydrogens is 574 g/mol. The van der Waals surface area contributed by atoms with Gasteiger partial charge in [-0.3, -0.25) is 4.79 Å². The number of carbonyl (C=O) groups excluding carboxylic acids is 1. The molecule has 0 spiro atoms. The second kappa shape index (κ2) is 35.6. The fourth-order valence-electron chi connectivity index (χ4n) is 6.52. The van der Waals surface area contributed by atoms with Crippen molar-refractivity contribution in [3.63, 3.8) is 0 Å². The normalized spacial score (nSPS) is 14.3. The van der Waals surface area contributed by atoms with Gasteiger partial charge in [0.25, 0.3) is 0 Å². The van der Waals surface area contributed by atoms with Crippen molar-refractivity contribution in [3.05, 3.63) is 0 Å². The summed E-state index contributed by atoms with van der Waals surface area (Å²) in [7, 11) is 0. The molecule has 276 valence electrons. The molecule has 46 heavy (non-hydrogen) atoms. The third-order valence-corrected chi connectivity index (χ3v) is 9.82. The molecule has 0 aliphatic carbocycles. The van der Waals surface area contributed by atoms with Gasteiger partial charge in [-0.05, 0) is 12.8 Å². The number of aliphatic hydroxyl groups is 4. The molecule has 1 amide bonds. The second-order valence-corrected chi connectivity index (χ2v) is 14.3. The minimum absolute atomic E-state index is 0.374. The molecule has 0 aromatic carbocycles. The van der Waals surface area contributed by atoms with E-state index in [0.717, 1.165) is 51.4 Å². The van der Waals surface area contributed by atoms with Crippen LogP contribution in [0.25, 0.3) is 0 Å². The van der Waals surface area contributed by atoms with Crippen molar-refractivity contribution in [1.29, 1.82) is 0 Å². The van der Waals surface area contributed by atoms with Gasteiger partial charge in [0.1, 0.15) is 12.2 Å². The number of hydrogen-bond donors (Lipinski definition) is 5. The van der Waals surface area contributed by atoms with E-state index in [9.17, 15) is 25.2 Å². The number of amides is 1. The number of carbonyl (C=O) groups is 1. The van der Waals surface area contributed by atoms with Crippen LogP contribution in [0.2, 0.25) is 0 Å². The number of rotatable bonds is 37. The zero-order valence-corrected chi connectivity index (χ0v) is 30.8. The molecule has 0 radical (unpaired) electrons. The topological polar surface area (TPSA) is 110 Å². The predicted octanol–water partition coefficient (Wildman–Crippen LogP) is 10.1. The summed E-state index contributed by atoms with van der Waals surface area (Å²) >= 11 is 0.